The van der Waals surface area contributed by atoms with E-state index in [-0.39, 0.29) is 23.0 Å². The van der Waals surface area contributed by atoms with Crippen LogP contribution in [-0.4, -0.2) is 22.4 Å². The first-order valence-electron chi connectivity index (χ1n) is 27.3. The molecule has 10 aliphatic rings. The highest BCUT2D eigenvalue weighted by molar-refractivity contribution is 5.35. The molecular formula is C60H100O2. The van der Waals surface area contributed by atoms with E-state index in [1.807, 2.05) is 11.1 Å². The van der Waals surface area contributed by atoms with Crippen LogP contribution in [0.3, 0.4) is 0 Å². The molecule has 8 fully saturated rings. The van der Waals surface area contributed by atoms with Crippen molar-refractivity contribution in [2.24, 2.45) is 107 Å². The largest absolute Gasteiger partial charge is 0.393 e. The van der Waals surface area contributed by atoms with Gasteiger partial charge in [-0.05, 0) is 229 Å². The van der Waals surface area contributed by atoms with E-state index in [0.717, 1.165) is 48.3 Å². The molecule has 10 aliphatic carbocycles. The highest BCUT2D eigenvalue weighted by atomic mass is 16.3. The van der Waals surface area contributed by atoms with Crippen LogP contribution in [0.15, 0.2) is 23.3 Å². The van der Waals surface area contributed by atoms with Crippen molar-refractivity contribution < 1.29 is 10.2 Å². The molecular weight excluding hydrogens is 753 g/mol. The Morgan fingerprint density at radius 3 is 1.42 bits per heavy atom. The van der Waals surface area contributed by atoms with Crippen molar-refractivity contribution in [1.82, 2.24) is 0 Å². The predicted molar refractivity (Wildman–Crippen MR) is 261 cm³/mol. The number of rotatable bonds is 0. The van der Waals surface area contributed by atoms with Gasteiger partial charge in [0.05, 0.1) is 12.2 Å². The van der Waals surface area contributed by atoms with Crippen molar-refractivity contribution in [2.75, 3.05) is 0 Å². The second-order valence-corrected chi connectivity index (χ2v) is 29.9. The van der Waals surface area contributed by atoms with Crippen molar-refractivity contribution in [3.63, 3.8) is 0 Å². The van der Waals surface area contributed by atoms with Crippen LogP contribution in [0.1, 0.15) is 233 Å². The van der Waals surface area contributed by atoms with Gasteiger partial charge in [0.1, 0.15) is 0 Å². The van der Waals surface area contributed by atoms with Gasteiger partial charge in [0.25, 0.3) is 0 Å². The van der Waals surface area contributed by atoms with Crippen molar-refractivity contribution in [3.8, 4) is 0 Å². The van der Waals surface area contributed by atoms with Crippen LogP contribution in [0, 0.1) is 107 Å². The Morgan fingerprint density at radius 2 is 0.903 bits per heavy atom. The Kier molecular flexibility index (Phi) is 10.7. The fourth-order valence-electron chi connectivity index (χ4n) is 21.4. The van der Waals surface area contributed by atoms with Gasteiger partial charge in [0, 0.05) is 0 Å². The normalized spacial score (nSPS) is 56.7. The molecule has 352 valence electrons. The first kappa shape index (κ1) is 46.5. The number of fused-ring (bicyclic) bond motifs is 14. The summed E-state index contributed by atoms with van der Waals surface area (Å²) in [6.07, 6.45) is 30.4. The van der Waals surface area contributed by atoms with E-state index in [1.165, 1.54) is 109 Å². The highest BCUT2D eigenvalue weighted by Gasteiger charge is 2.70. The van der Waals surface area contributed by atoms with Crippen LogP contribution < -0.4 is 0 Å². The van der Waals surface area contributed by atoms with Gasteiger partial charge in [-0.1, -0.05) is 134 Å². The Bertz CT molecular complexity index is 1830. The zero-order chi connectivity index (χ0) is 45.3. The van der Waals surface area contributed by atoms with E-state index < -0.39 is 0 Å². The molecule has 0 unspecified atom stereocenters. The lowest BCUT2D eigenvalue weighted by Gasteiger charge is -2.71. The topological polar surface area (TPSA) is 40.5 Å². The number of hydrogen-bond acceptors (Lipinski definition) is 2. The number of aliphatic hydroxyl groups is 2. The zero-order valence-electron chi connectivity index (χ0n) is 43.8. The average molecular weight is 853 g/mol. The first-order valence-corrected chi connectivity index (χ1v) is 27.3. The summed E-state index contributed by atoms with van der Waals surface area (Å²) >= 11 is 0. The molecule has 0 aromatic heterocycles. The van der Waals surface area contributed by atoms with Gasteiger partial charge < -0.3 is 10.2 Å². The molecule has 0 aromatic carbocycles. The van der Waals surface area contributed by atoms with Crippen molar-refractivity contribution in [1.29, 1.82) is 0 Å². The molecule has 8 saturated carbocycles. The molecule has 2 N–H and O–H groups in total. The fourth-order valence-corrected chi connectivity index (χ4v) is 21.4. The molecule has 0 heterocycles. The molecule has 2 nitrogen and oxygen atoms in total. The average Bonchev–Trinajstić information content (AvgIpc) is 3.18. The van der Waals surface area contributed by atoms with E-state index in [0.29, 0.717) is 60.6 Å². The van der Waals surface area contributed by atoms with E-state index in [2.05, 4.69) is 123 Å². The maximum atomic E-state index is 10.9. The van der Waals surface area contributed by atoms with Crippen LogP contribution in [-0.2, 0) is 0 Å². The van der Waals surface area contributed by atoms with Gasteiger partial charge >= 0.3 is 0 Å². The Balaban J connectivity index is 0.000000158. The number of hydrogen-bond donors (Lipinski definition) is 2. The standard InChI is InChI=1S/2C30H50O/c1-19-11-14-27(5)17-18-29(7)21(25(27)20(19)2)9-10-23-28(6)15-13-24(31)26(3,4)22(28)12-16-30(23,29)8;1-25(2)15-16-27(5)17-18-29(7)20(21(27)19-25)9-10-23-28(6)13-12-24(31)26(3,4)22(28)11-14-30(23,29)8/h9,19-20,22-25,31H,10-18H2,1-8H3;9,21-24,31H,10-19H2,1-8H3/t19-,20+,22+,23-,24+,25+,27-,28+,29-,30-;21-,22-,23+,24-,27+,28-,29+,30+/m10/s1. The van der Waals surface area contributed by atoms with Gasteiger partial charge in [-0.2, -0.15) is 0 Å². The maximum Gasteiger partial charge on any atom is 0.0594 e. The lowest BCUT2D eigenvalue weighted by molar-refractivity contribution is -0.203. The summed E-state index contributed by atoms with van der Waals surface area (Å²) in [5.41, 5.74) is 7.69. The van der Waals surface area contributed by atoms with Gasteiger partial charge in [-0.3, -0.25) is 0 Å². The Labute approximate surface area is 383 Å². The van der Waals surface area contributed by atoms with Crippen LogP contribution in [0.5, 0.6) is 0 Å². The number of allylic oxidation sites excluding steroid dienone is 4. The molecule has 18 atom stereocenters. The third-order valence-corrected chi connectivity index (χ3v) is 26.4. The van der Waals surface area contributed by atoms with Crippen molar-refractivity contribution in [2.45, 2.75) is 245 Å². The molecule has 0 spiro atoms. The van der Waals surface area contributed by atoms with Crippen molar-refractivity contribution >= 4 is 0 Å². The van der Waals surface area contributed by atoms with E-state index in [1.54, 1.807) is 0 Å². The lowest BCUT2D eigenvalue weighted by atomic mass is 9.33. The van der Waals surface area contributed by atoms with Gasteiger partial charge in [0.15, 0.2) is 0 Å². The Morgan fingerprint density at radius 1 is 0.452 bits per heavy atom. The third-order valence-electron chi connectivity index (χ3n) is 26.4. The minimum absolute atomic E-state index is 0.0533. The molecule has 0 aromatic rings. The summed E-state index contributed by atoms with van der Waals surface area (Å²) in [5.74, 6) is 6.11. The summed E-state index contributed by atoms with van der Waals surface area (Å²) in [6, 6.07) is 0. The maximum absolute atomic E-state index is 10.9. The second kappa shape index (κ2) is 14.2. The van der Waals surface area contributed by atoms with Crippen LogP contribution in [0.2, 0.25) is 0 Å². The summed E-state index contributed by atoms with van der Waals surface area (Å²) in [5, 5.41) is 21.8. The third kappa shape index (κ3) is 6.02. The van der Waals surface area contributed by atoms with Crippen LogP contribution in [0.25, 0.3) is 0 Å². The minimum Gasteiger partial charge on any atom is -0.393 e. The molecule has 0 radical (unpaired) electrons. The SMILES string of the molecule is CC1(C)CC[C@]2(C)CC[C@]3(C)C(=CC[C@@H]4[C@@]5(C)CC[C@H](O)C(C)(C)[C@@H]5CC[C@]43C)[C@@H]2C1.C[C@H]1[C@H](C)CC[C@]2(C)CC[C@]3(C)C(=CC[C@@H]4[C@@]5(C)CC[C@H](O)C(C)(C)[C@@H]5CC[C@]43C)[C@H]12. The van der Waals surface area contributed by atoms with Gasteiger partial charge in [-0.15, -0.1) is 0 Å². The predicted octanol–water partition coefficient (Wildman–Crippen LogP) is 16.2. The highest BCUT2D eigenvalue weighted by Crippen LogP contribution is 2.78. The van der Waals surface area contributed by atoms with Gasteiger partial charge in [0.2, 0.25) is 0 Å². The summed E-state index contributed by atoms with van der Waals surface area (Å²) in [4.78, 5) is 0. The Hall–Kier alpha value is -0.600. The molecule has 0 amide bonds. The van der Waals surface area contributed by atoms with Crippen LogP contribution in [0.4, 0.5) is 0 Å². The molecule has 0 bridgehead atoms. The van der Waals surface area contributed by atoms with Gasteiger partial charge in [-0.25, -0.2) is 0 Å². The molecule has 0 aliphatic heterocycles. The lowest BCUT2D eigenvalue weighted by Crippen LogP contribution is -2.64. The summed E-state index contributed by atoms with van der Waals surface area (Å²) in [7, 11) is 0. The monoisotopic (exact) mass is 853 g/mol. The molecule has 0 saturated heterocycles. The smallest absolute Gasteiger partial charge is 0.0594 e. The minimum atomic E-state index is -0.125. The quantitative estimate of drug-likeness (QED) is 0.238. The first-order chi connectivity index (χ1) is 28.5. The zero-order valence-corrected chi connectivity index (χ0v) is 43.8. The summed E-state index contributed by atoms with van der Waals surface area (Å²) in [6.45, 7) is 41.0. The van der Waals surface area contributed by atoms with E-state index in [9.17, 15) is 10.2 Å². The fraction of sp³-hybridized carbons (Fsp3) is 0.933. The molecule has 2 heteroatoms. The number of aliphatic hydroxyl groups excluding tert-OH is 2. The van der Waals surface area contributed by atoms with E-state index >= 15 is 0 Å². The summed E-state index contributed by atoms with van der Waals surface area (Å²) < 4.78 is 0. The molecule has 10 rings (SSSR count). The second-order valence-electron chi connectivity index (χ2n) is 29.9. The van der Waals surface area contributed by atoms with E-state index in [4.69, 9.17) is 0 Å². The van der Waals surface area contributed by atoms with Crippen molar-refractivity contribution in [3.05, 3.63) is 23.3 Å². The molecule has 62 heavy (non-hydrogen) atoms. The van der Waals surface area contributed by atoms with Crippen LogP contribution >= 0.6 is 0 Å².